The predicted molar refractivity (Wildman–Crippen MR) is 72.9 cm³/mol. The van der Waals surface area contributed by atoms with E-state index in [1.807, 2.05) is 0 Å². The van der Waals surface area contributed by atoms with Gasteiger partial charge in [0, 0.05) is 5.69 Å². The van der Waals surface area contributed by atoms with E-state index in [-0.39, 0.29) is 11.7 Å². The van der Waals surface area contributed by atoms with Crippen molar-refractivity contribution in [1.82, 2.24) is 0 Å². The van der Waals surface area contributed by atoms with Gasteiger partial charge in [-0.1, -0.05) is 12.8 Å². The molecule has 0 bridgehead atoms. The van der Waals surface area contributed by atoms with Crippen molar-refractivity contribution in [3.63, 3.8) is 0 Å². The highest BCUT2D eigenvalue weighted by atomic mass is 79.9. The molecule has 0 radical (unpaired) electrons. The Kier molecular flexibility index (Phi) is 3.73. The first-order chi connectivity index (χ1) is 8.42. The minimum Gasteiger partial charge on any atom is -0.324 e. The van der Waals surface area contributed by atoms with Crippen LogP contribution in [0.15, 0.2) is 16.6 Å². The number of hydrogen-bond acceptors (Lipinski definition) is 2. The minimum absolute atomic E-state index is 0.179. The minimum atomic E-state index is -0.771. The van der Waals surface area contributed by atoms with Crippen molar-refractivity contribution in [2.75, 3.05) is 5.32 Å². The first kappa shape index (κ1) is 13.5. The van der Waals surface area contributed by atoms with E-state index in [0.717, 1.165) is 12.8 Å². The summed E-state index contributed by atoms with van der Waals surface area (Å²) in [6.45, 7) is 1.75. The maximum absolute atomic E-state index is 13.3. The van der Waals surface area contributed by atoms with Crippen molar-refractivity contribution in [1.29, 1.82) is 0 Å². The second-order valence-electron chi connectivity index (χ2n) is 4.90. The fourth-order valence-corrected chi connectivity index (χ4v) is 2.60. The highest BCUT2D eigenvalue weighted by molar-refractivity contribution is 9.10. The number of anilines is 1. The molecule has 0 heterocycles. The average Bonchev–Trinajstić information content (AvgIpc) is 2.74. The molecular formula is C13H16BrFN2O. The Hall–Kier alpha value is -0.940. The summed E-state index contributed by atoms with van der Waals surface area (Å²) in [4.78, 5) is 12.1. The molecule has 1 aromatic carbocycles. The van der Waals surface area contributed by atoms with Gasteiger partial charge in [0.1, 0.15) is 5.82 Å². The zero-order chi connectivity index (χ0) is 13.3. The second kappa shape index (κ2) is 4.97. The summed E-state index contributed by atoms with van der Waals surface area (Å²) < 4.78 is 13.6. The van der Waals surface area contributed by atoms with Crippen molar-refractivity contribution < 1.29 is 9.18 Å². The molecule has 0 saturated heterocycles. The quantitative estimate of drug-likeness (QED) is 0.881. The molecule has 1 saturated carbocycles. The SMILES string of the molecule is Cc1cc(F)c(Br)cc1NC(=O)C1(N)CCCC1. The third-order valence-electron chi connectivity index (χ3n) is 3.46. The number of nitrogens with one attached hydrogen (secondary N) is 1. The van der Waals surface area contributed by atoms with Crippen LogP contribution in [-0.2, 0) is 4.79 Å². The van der Waals surface area contributed by atoms with Gasteiger partial charge in [0.25, 0.3) is 0 Å². The lowest BCUT2D eigenvalue weighted by atomic mass is 9.98. The third-order valence-corrected chi connectivity index (χ3v) is 4.07. The van der Waals surface area contributed by atoms with Crippen molar-refractivity contribution in [2.45, 2.75) is 38.1 Å². The zero-order valence-corrected chi connectivity index (χ0v) is 11.8. The number of carbonyl (C=O) groups is 1. The van der Waals surface area contributed by atoms with Gasteiger partial charge in [-0.25, -0.2) is 4.39 Å². The van der Waals surface area contributed by atoms with Crippen LogP contribution in [0.25, 0.3) is 0 Å². The molecule has 0 aliphatic heterocycles. The van der Waals surface area contributed by atoms with Crippen LogP contribution in [0, 0.1) is 12.7 Å². The number of halogens is 2. The molecule has 3 N–H and O–H groups in total. The largest absolute Gasteiger partial charge is 0.324 e. The van der Waals surface area contributed by atoms with Crippen LogP contribution in [0.1, 0.15) is 31.2 Å². The first-order valence-electron chi connectivity index (χ1n) is 5.98. The van der Waals surface area contributed by atoms with Crippen molar-refractivity contribution in [2.24, 2.45) is 5.73 Å². The van der Waals surface area contributed by atoms with Crippen LogP contribution in [0.3, 0.4) is 0 Å². The number of benzene rings is 1. The highest BCUT2D eigenvalue weighted by Gasteiger charge is 2.37. The summed E-state index contributed by atoms with van der Waals surface area (Å²) in [6.07, 6.45) is 3.38. The topological polar surface area (TPSA) is 55.1 Å². The van der Waals surface area contributed by atoms with Crippen LogP contribution < -0.4 is 11.1 Å². The molecule has 0 aromatic heterocycles. The van der Waals surface area contributed by atoms with E-state index < -0.39 is 5.54 Å². The Morgan fingerprint density at radius 2 is 2.06 bits per heavy atom. The number of amides is 1. The van der Waals surface area contributed by atoms with Gasteiger partial charge in [-0.15, -0.1) is 0 Å². The van der Waals surface area contributed by atoms with Gasteiger partial charge in [0.15, 0.2) is 0 Å². The van der Waals surface area contributed by atoms with Crippen LogP contribution >= 0.6 is 15.9 Å². The molecule has 18 heavy (non-hydrogen) atoms. The maximum atomic E-state index is 13.3. The highest BCUT2D eigenvalue weighted by Crippen LogP contribution is 2.30. The van der Waals surface area contributed by atoms with Crippen LogP contribution in [-0.4, -0.2) is 11.4 Å². The lowest BCUT2D eigenvalue weighted by Crippen LogP contribution is -2.48. The summed E-state index contributed by atoms with van der Waals surface area (Å²) in [5.41, 5.74) is 6.59. The summed E-state index contributed by atoms with van der Waals surface area (Å²) in [7, 11) is 0. The molecule has 1 amide bonds. The number of rotatable bonds is 2. The molecule has 0 unspecified atom stereocenters. The molecule has 3 nitrogen and oxygen atoms in total. The molecule has 5 heteroatoms. The fraction of sp³-hybridized carbons (Fsp3) is 0.462. The molecule has 1 aromatic rings. The summed E-state index contributed by atoms with van der Waals surface area (Å²) in [5, 5.41) is 2.80. The Balaban J connectivity index is 2.19. The number of hydrogen-bond donors (Lipinski definition) is 2. The maximum Gasteiger partial charge on any atom is 0.244 e. The molecule has 1 fully saturated rings. The van der Waals surface area contributed by atoms with Gasteiger partial charge in [-0.2, -0.15) is 0 Å². The smallest absolute Gasteiger partial charge is 0.244 e. The number of carbonyl (C=O) groups excluding carboxylic acids is 1. The van der Waals surface area contributed by atoms with Crippen LogP contribution in [0.2, 0.25) is 0 Å². The average molecular weight is 315 g/mol. The van der Waals surface area contributed by atoms with E-state index in [2.05, 4.69) is 21.2 Å². The summed E-state index contributed by atoms with van der Waals surface area (Å²) in [5.74, 6) is -0.518. The summed E-state index contributed by atoms with van der Waals surface area (Å²) >= 11 is 3.11. The lowest BCUT2D eigenvalue weighted by molar-refractivity contribution is -0.121. The molecular weight excluding hydrogens is 299 g/mol. The molecule has 0 atom stereocenters. The van der Waals surface area contributed by atoms with Gasteiger partial charge < -0.3 is 11.1 Å². The molecule has 1 aliphatic rings. The molecule has 2 rings (SSSR count). The standard InChI is InChI=1S/C13H16BrFN2O/c1-8-6-10(15)9(14)7-11(8)17-12(18)13(16)4-2-3-5-13/h6-7H,2-5,16H2,1H3,(H,17,18). The molecule has 98 valence electrons. The number of nitrogens with two attached hydrogens (primary N) is 1. The second-order valence-corrected chi connectivity index (χ2v) is 5.75. The normalized spacial score (nSPS) is 17.8. The van der Waals surface area contributed by atoms with Gasteiger partial charge in [-0.3, -0.25) is 4.79 Å². The Morgan fingerprint density at radius 1 is 1.44 bits per heavy atom. The van der Waals surface area contributed by atoms with Gasteiger partial charge in [0.05, 0.1) is 10.0 Å². The van der Waals surface area contributed by atoms with E-state index in [4.69, 9.17) is 5.73 Å². The van der Waals surface area contributed by atoms with Gasteiger partial charge in [0.2, 0.25) is 5.91 Å². The van der Waals surface area contributed by atoms with Crippen molar-refractivity contribution >= 4 is 27.5 Å². The summed E-state index contributed by atoms with van der Waals surface area (Å²) in [6, 6.07) is 2.96. The van der Waals surface area contributed by atoms with E-state index >= 15 is 0 Å². The van der Waals surface area contributed by atoms with Crippen LogP contribution in [0.5, 0.6) is 0 Å². The zero-order valence-electron chi connectivity index (χ0n) is 10.2. The monoisotopic (exact) mass is 314 g/mol. The Morgan fingerprint density at radius 3 is 2.67 bits per heavy atom. The fourth-order valence-electron chi connectivity index (χ4n) is 2.26. The molecule has 1 aliphatic carbocycles. The number of aryl methyl sites for hydroxylation is 1. The Bertz CT molecular complexity index is 484. The lowest BCUT2D eigenvalue weighted by Gasteiger charge is -2.23. The van der Waals surface area contributed by atoms with E-state index in [9.17, 15) is 9.18 Å². The van der Waals surface area contributed by atoms with Gasteiger partial charge in [-0.05, 0) is 53.4 Å². The molecule has 0 spiro atoms. The predicted octanol–water partition coefficient (Wildman–Crippen LogP) is 3.11. The third kappa shape index (κ3) is 2.57. The van der Waals surface area contributed by atoms with Crippen LogP contribution in [0.4, 0.5) is 10.1 Å². The first-order valence-corrected chi connectivity index (χ1v) is 6.78. The Labute approximate surface area is 114 Å². The van der Waals surface area contributed by atoms with E-state index in [1.165, 1.54) is 6.07 Å². The van der Waals surface area contributed by atoms with E-state index in [0.29, 0.717) is 28.6 Å². The van der Waals surface area contributed by atoms with Crippen molar-refractivity contribution in [3.05, 3.63) is 28.0 Å². The van der Waals surface area contributed by atoms with Crippen molar-refractivity contribution in [3.8, 4) is 0 Å². The van der Waals surface area contributed by atoms with Gasteiger partial charge >= 0.3 is 0 Å². The van der Waals surface area contributed by atoms with E-state index in [1.54, 1.807) is 13.0 Å².